The lowest BCUT2D eigenvalue weighted by Gasteiger charge is -2.35. The average Bonchev–Trinajstić information content (AvgIpc) is 3.27. The Morgan fingerprint density at radius 2 is 1.88 bits per heavy atom. The lowest BCUT2D eigenvalue weighted by molar-refractivity contribution is -0.140. The average molecular weight is 360 g/mol. The van der Waals surface area contributed by atoms with Gasteiger partial charge in [0.15, 0.2) is 5.96 Å². The van der Waals surface area contributed by atoms with E-state index in [0.717, 1.165) is 25.7 Å². The van der Waals surface area contributed by atoms with Gasteiger partial charge in [0.25, 0.3) is 0 Å². The predicted octanol–water partition coefficient (Wildman–Crippen LogP) is 0.264. The molecule has 1 aliphatic heterocycles. The zero-order valence-electron chi connectivity index (χ0n) is 15.3. The number of carbonyl (C=O) groups excluding carboxylic acids is 2. The van der Waals surface area contributed by atoms with Gasteiger partial charge in [-0.1, -0.05) is 12.2 Å². The first-order chi connectivity index (χ1) is 12.5. The van der Waals surface area contributed by atoms with Crippen LogP contribution in [0.15, 0.2) is 17.1 Å². The van der Waals surface area contributed by atoms with E-state index in [-0.39, 0.29) is 35.5 Å². The van der Waals surface area contributed by atoms with Crippen molar-refractivity contribution in [1.82, 2.24) is 15.5 Å². The number of guanidine groups is 1. The molecule has 0 radical (unpaired) electrons. The number of aliphatic imine (C=N–C) groups is 1. The normalized spacial score (nSPS) is 34.2. The highest BCUT2D eigenvalue weighted by molar-refractivity contribution is 6.06. The molecule has 0 aromatic rings. The van der Waals surface area contributed by atoms with Gasteiger partial charge in [-0.25, -0.2) is 0 Å². The van der Waals surface area contributed by atoms with Crippen molar-refractivity contribution >= 4 is 17.8 Å². The maximum atomic E-state index is 12.7. The number of amides is 2. The zero-order valence-corrected chi connectivity index (χ0v) is 15.3. The Hall–Kier alpha value is -1.89. The molecule has 3 N–H and O–H groups in total. The highest BCUT2D eigenvalue weighted by atomic mass is 16.3. The second kappa shape index (κ2) is 6.68. The minimum absolute atomic E-state index is 0.00984. The van der Waals surface area contributed by atoms with Crippen molar-refractivity contribution in [3.63, 3.8) is 0 Å². The van der Waals surface area contributed by atoms with Crippen molar-refractivity contribution in [3.05, 3.63) is 12.2 Å². The van der Waals surface area contributed by atoms with Crippen molar-refractivity contribution < 1.29 is 14.7 Å². The second-order valence-corrected chi connectivity index (χ2v) is 8.03. The minimum atomic E-state index is -0.660. The fourth-order valence-electron chi connectivity index (χ4n) is 4.78. The van der Waals surface area contributed by atoms with Crippen molar-refractivity contribution in [2.75, 3.05) is 26.2 Å². The smallest absolute Gasteiger partial charge is 0.233 e. The number of nitrogens with zero attached hydrogens (tertiary/aromatic N) is 2. The van der Waals surface area contributed by atoms with Crippen LogP contribution in [-0.4, -0.2) is 59.6 Å². The van der Waals surface area contributed by atoms with Crippen LogP contribution in [0.1, 0.15) is 32.6 Å². The molecule has 4 rings (SSSR count). The van der Waals surface area contributed by atoms with Crippen molar-refractivity contribution in [2.24, 2.45) is 28.7 Å². The molecule has 7 heteroatoms. The Labute approximate surface area is 153 Å². The number of rotatable bonds is 6. The van der Waals surface area contributed by atoms with Crippen LogP contribution in [0.2, 0.25) is 0 Å². The van der Waals surface area contributed by atoms with Gasteiger partial charge >= 0.3 is 0 Å². The first kappa shape index (κ1) is 17.5. The first-order valence-electron chi connectivity index (χ1n) is 9.80. The largest absolute Gasteiger partial charge is 0.388 e. The van der Waals surface area contributed by atoms with Crippen LogP contribution in [0.3, 0.4) is 0 Å². The molecule has 142 valence electrons. The van der Waals surface area contributed by atoms with Gasteiger partial charge in [-0.3, -0.25) is 19.5 Å². The van der Waals surface area contributed by atoms with E-state index in [9.17, 15) is 14.7 Å². The van der Waals surface area contributed by atoms with Gasteiger partial charge in [-0.2, -0.15) is 0 Å². The molecule has 1 heterocycles. The third-order valence-electron chi connectivity index (χ3n) is 6.35. The van der Waals surface area contributed by atoms with Gasteiger partial charge in [-0.05, 0) is 44.4 Å². The third-order valence-corrected chi connectivity index (χ3v) is 6.35. The van der Waals surface area contributed by atoms with Crippen LogP contribution in [0.5, 0.6) is 0 Å². The van der Waals surface area contributed by atoms with Gasteiger partial charge in [0, 0.05) is 19.6 Å². The minimum Gasteiger partial charge on any atom is -0.388 e. The van der Waals surface area contributed by atoms with E-state index < -0.39 is 5.60 Å². The first-order valence-corrected chi connectivity index (χ1v) is 9.80. The summed E-state index contributed by atoms with van der Waals surface area (Å²) >= 11 is 0. The number of fused-ring (bicyclic) bond motifs is 5. The Bertz CT molecular complexity index is 625. The van der Waals surface area contributed by atoms with Crippen molar-refractivity contribution in [1.29, 1.82) is 0 Å². The second-order valence-electron chi connectivity index (χ2n) is 8.03. The summed E-state index contributed by atoms with van der Waals surface area (Å²) in [5, 5.41) is 16.5. The fraction of sp³-hybridized carbons (Fsp3) is 0.737. The van der Waals surface area contributed by atoms with Crippen LogP contribution >= 0.6 is 0 Å². The topological polar surface area (TPSA) is 94.0 Å². The van der Waals surface area contributed by atoms with E-state index in [1.165, 1.54) is 4.90 Å². The number of imide groups is 1. The number of carbonyl (C=O) groups is 2. The Morgan fingerprint density at radius 1 is 1.23 bits per heavy atom. The molecule has 3 aliphatic carbocycles. The molecule has 2 saturated carbocycles. The molecular formula is C19H28N4O3. The standard InChI is InChI=1S/C19H28N4O3/c1-2-20-18(22-11-19(26)6-3-7-19)21-8-9-23-16(24)14-12-4-5-13(10-12)15(14)17(23)25/h4-5,12-15,26H,2-3,6-11H2,1H3,(H2,20,21,22). The van der Waals surface area contributed by atoms with Gasteiger partial charge in [-0.15, -0.1) is 0 Å². The van der Waals surface area contributed by atoms with Gasteiger partial charge < -0.3 is 15.7 Å². The maximum Gasteiger partial charge on any atom is 0.233 e. The number of nitrogens with one attached hydrogen (secondary N) is 2. The van der Waals surface area contributed by atoms with Crippen LogP contribution < -0.4 is 10.6 Å². The molecule has 3 fully saturated rings. The van der Waals surface area contributed by atoms with Gasteiger partial charge in [0.1, 0.15) is 0 Å². The molecule has 0 spiro atoms. The monoisotopic (exact) mass is 360 g/mol. The summed E-state index contributed by atoms with van der Waals surface area (Å²) in [5.41, 5.74) is -0.660. The highest BCUT2D eigenvalue weighted by Gasteiger charge is 2.58. The van der Waals surface area contributed by atoms with Crippen molar-refractivity contribution in [2.45, 2.75) is 38.2 Å². The number of hydrogen-bond donors (Lipinski definition) is 3. The van der Waals surface area contributed by atoms with E-state index in [4.69, 9.17) is 0 Å². The van der Waals surface area contributed by atoms with E-state index in [1.807, 2.05) is 6.92 Å². The van der Waals surface area contributed by atoms with E-state index in [2.05, 4.69) is 27.8 Å². The summed E-state index contributed by atoms with van der Waals surface area (Å²) in [5.74, 6) is 0.838. The van der Waals surface area contributed by atoms with Gasteiger partial charge in [0.2, 0.25) is 11.8 Å². The molecule has 26 heavy (non-hydrogen) atoms. The van der Waals surface area contributed by atoms with Crippen molar-refractivity contribution in [3.8, 4) is 0 Å². The van der Waals surface area contributed by atoms with Crippen LogP contribution in [0.4, 0.5) is 0 Å². The summed E-state index contributed by atoms with van der Waals surface area (Å²) in [6.45, 7) is 3.89. The summed E-state index contributed by atoms with van der Waals surface area (Å²) in [6.07, 6.45) is 7.82. The maximum absolute atomic E-state index is 12.7. The number of likely N-dealkylation sites (tertiary alicyclic amines) is 1. The molecular weight excluding hydrogens is 332 g/mol. The quantitative estimate of drug-likeness (QED) is 0.273. The number of allylic oxidation sites excluding steroid dienone is 2. The van der Waals surface area contributed by atoms with Gasteiger partial charge in [0.05, 0.1) is 24.0 Å². The molecule has 0 aromatic carbocycles. The third kappa shape index (κ3) is 2.92. The molecule has 2 amide bonds. The predicted molar refractivity (Wildman–Crippen MR) is 97.2 cm³/mol. The Morgan fingerprint density at radius 3 is 2.42 bits per heavy atom. The lowest BCUT2D eigenvalue weighted by Crippen LogP contribution is -2.45. The van der Waals surface area contributed by atoms with Crippen LogP contribution in [0.25, 0.3) is 0 Å². The fourth-order valence-corrected chi connectivity index (χ4v) is 4.78. The molecule has 0 aromatic heterocycles. The molecule has 2 bridgehead atoms. The highest BCUT2D eigenvalue weighted by Crippen LogP contribution is 2.52. The van der Waals surface area contributed by atoms with Crippen LogP contribution in [0, 0.1) is 23.7 Å². The molecule has 1 saturated heterocycles. The van der Waals surface area contributed by atoms with E-state index >= 15 is 0 Å². The van der Waals surface area contributed by atoms with Crippen LogP contribution in [-0.2, 0) is 9.59 Å². The summed E-state index contributed by atoms with van der Waals surface area (Å²) in [7, 11) is 0. The Balaban J connectivity index is 1.31. The number of aliphatic hydroxyl groups is 1. The molecule has 7 nitrogen and oxygen atoms in total. The van der Waals surface area contributed by atoms with E-state index in [1.54, 1.807) is 0 Å². The summed E-state index contributed by atoms with van der Waals surface area (Å²) in [4.78, 5) is 31.2. The molecule has 4 atom stereocenters. The zero-order chi connectivity index (χ0) is 18.3. The molecule has 4 unspecified atom stereocenters. The summed E-state index contributed by atoms with van der Waals surface area (Å²) in [6, 6.07) is 0. The molecule has 4 aliphatic rings. The number of hydrogen-bond acceptors (Lipinski definition) is 4. The summed E-state index contributed by atoms with van der Waals surface area (Å²) < 4.78 is 0. The Kier molecular flexibility index (Phi) is 4.50. The lowest BCUT2D eigenvalue weighted by atomic mass is 9.80. The SMILES string of the molecule is CCNC(=NCC1(O)CCC1)NCCN1C(=O)C2C3C=CC(C3)C2C1=O. The van der Waals surface area contributed by atoms with E-state index in [0.29, 0.717) is 32.1 Å².